The zero-order valence-corrected chi connectivity index (χ0v) is 19.3. The van der Waals surface area contributed by atoms with Gasteiger partial charge in [0.1, 0.15) is 17.3 Å². The second-order valence-corrected chi connectivity index (χ2v) is 7.63. The maximum Gasteiger partial charge on any atom is 0.209 e. The van der Waals surface area contributed by atoms with E-state index in [0.717, 1.165) is 11.2 Å². The lowest BCUT2D eigenvalue weighted by Crippen LogP contribution is -2.17. The number of hydrogen-bond donors (Lipinski definition) is 3. The van der Waals surface area contributed by atoms with Gasteiger partial charge in [0.15, 0.2) is 5.78 Å². The fourth-order valence-electron chi connectivity index (χ4n) is 3.12. The van der Waals surface area contributed by atoms with Crippen LogP contribution in [0, 0.1) is 0 Å². The van der Waals surface area contributed by atoms with Gasteiger partial charge in [0.25, 0.3) is 0 Å². The number of anilines is 3. The normalized spacial score (nSPS) is 10.6. The molecule has 4 aromatic rings. The van der Waals surface area contributed by atoms with Crippen LogP contribution in [0.25, 0.3) is 16.9 Å². The maximum atomic E-state index is 11.5. The fraction of sp³-hybridized carbons (Fsp3) is 0.143. The molecule has 3 heterocycles. The van der Waals surface area contributed by atoms with Gasteiger partial charge in [-0.25, -0.2) is 15.0 Å². The number of aromatic nitrogens is 4. The molecule has 0 fully saturated rings. The van der Waals surface area contributed by atoms with Crippen molar-refractivity contribution in [2.45, 2.75) is 6.92 Å². The highest BCUT2D eigenvalue weighted by Crippen LogP contribution is 2.30. The van der Waals surface area contributed by atoms with Gasteiger partial charge >= 0.3 is 0 Å². The van der Waals surface area contributed by atoms with Crippen molar-refractivity contribution in [3.63, 3.8) is 0 Å². The SMILES string of the molecule is CC(=O)c1ccc(NCCNc2nc(-c3ccc(Cl)cc3Cl)cc3nccn23)nc1N.Cl. The van der Waals surface area contributed by atoms with Gasteiger partial charge in [0.05, 0.1) is 16.3 Å². The van der Waals surface area contributed by atoms with Crippen LogP contribution in [0.2, 0.25) is 10.0 Å². The Labute approximate surface area is 200 Å². The summed E-state index contributed by atoms with van der Waals surface area (Å²) >= 11 is 12.4. The van der Waals surface area contributed by atoms with Crippen LogP contribution in [0.5, 0.6) is 0 Å². The number of Topliss-reactive ketones (excluding diaryl/α,β-unsaturated/α-hetero) is 1. The standard InChI is InChI=1S/C21H19Cl2N7O.ClH/c1-12(31)14-4-5-18(29-20(14)24)25-6-7-27-21-28-17(11-19-26-8-9-30(19)21)15-3-2-13(22)10-16(15)23;/h2-5,8-11H,6-7H2,1H3,(H,27,28)(H3,24,25,29);1H. The summed E-state index contributed by atoms with van der Waals surface area (Å²) in [5.41, 5.74) is 8.43. The second-order valence-electron chi connectivity index (χ2n) is 6.78. The highest BCUT2D eigenvalue weighted by Gasteiger charge is 2.11. The summed E-state index contributed by atoms with van der Waals surface area (Å²) < 4.78 is 1.85. The van der Waals surface area contributed by atoms with Crippen LogP contribution in [-0.4, -0.2) is 38.2 Å². The first-order chi connectivity index (χ1) is 14.9. The number of rotatable bonds is 7. The van der Waals surface area contributed by atoms with E-state index in [4.69, 9.17) is 33.9 Å². The molecule has 11 heteroatoms. The van der Waals surface area contributed by atoms with Crippen molar-refractivity contribution >= 4 is 64.6 Å². The Morgan fingerprint density at radius 1 is 1.09 bits per heavy atom. The van der Waals surface area contributed by atoms with E-state index in [1.165, 1.54) is 6.92 Å². The Hall–Kier alpha value is -3.07. The molecule has 0 unspecified atom stereocenters. The van der Waals surface area contributed by atoms with Crippen LogP contribution in [0.15, 0.2) is 48.8 Å². The molecule has 0 saturated heterocycles. The highest BCUT2D eigenvalue weighted by atomic mass is 35.5. The number of benzene rings is 1. The van der Waals surface area contributed by atoms with Gasteiger partial charge in [-0.1, -0.05) is 23.2 Å². The lowest BCUT2D eigenvalue weighted by molar-refractivity contribution is 0.101. The molecule has 0 amide bonds. The summed E-state index contributed by atoms with van der Waals surface area (Å²) in [6.45, 7) is 2.56. The van der Waals surface area contributed by atoms with Crippen LogP contribution in [0.4, 0.5) is 17.6 Å². The van der Waals surface area contributed by atoms with Gasteiger partial charge in [-0.05, 0) is 37.3 Å². The van der Waals surface area contributed by atoms with E-state index < -0.39 is 0 Å². The molecule has 3 aromatic heterocycles. The van der Waals surface area contributed by atoms with Crippen molar-refractivity contribution in [2.75, 3.05) is 29.5 Å². The van der Waals surface area contributed by atoms with E-state index in [0.29, 0.717) is 46.2 Å². The average molecular weight is 493 g/mol. The third-order valence-electron chi connectivity index (χ3n) is 4.62. The van der Waals surface area contributed by atoms with E-state index in [2.05, 4.69) is 20.6 Å². The van der Waals surface area contributed by atoms with Gasteiger partial charge in [-0.2, -0.15) is 0 Å². The first-order valence-electron chi connectivity index (χ1n) is 9.47. The molecule has 166 valence electrons. The molecule has 0 bridgehead atoms. The number of nitrogens with two attached hydrogens (primary N) is 1. The Bertz CT molecular complexity index is 1280. The molecule has 32 heavy (non-hydrogen) atoms. The van der Waals surface area contributed by atoms with Crippen LogP contribution in [0.1, 0.15) is 17.3 Å². The van der Waals surface area contributed by atoms with Crippen LogP contribution >= 0.6 is 35.6 Å². The third kappa shape index (κ3) is 5.04. The molecule has 0 aliphatic heterocycles. The molecule has 0 saturated carbocycles. The van der Waals surface area contributed by atoms with Gasteiger partial charge in [0.2, 0.25) is 5.95 Å². The van der Waals surface area contributed by atoms with E-state index >= 15 is 0 Å². The fourth-order valence-corrected chi connectivity index (χ4v) is 3.62. The number of carbonyl (C=O) groups is 1. The highest BCUT2D eigenvalue weighted by molar-refractivity contribution is 6.36. The molecule has 4 rings (SSSR count). The molecule has 4 N–H and O–H groups in total. The van der Waals surface area contributed by atoms with Crippen LogP contribution in [-0.2, 0) is 0 Å². The monoisotopic (exact) mass is 491 g/mol. The van der Waals surface area contributed by atoms with Crippen LogP contribution in [0.3, 0.4) is 0 Å². The quantitative estimate of drug-likeness (QED) is 0.250. The Morgan fingerprint density at radius 3 is 2.59 bits per heavy atom. The number of carbonyl (C=O) groups excluding carboxylic acids is 1. The predicted octanol–water partition coefficient (Wildman–Crippen LogP) is 4.83. The molecule has 0 atom stereocenters. The molecule has 0 spiro atoms. The van der Waals surface area contributed by atoms with Gasteiger partial charge in [0, 0.05) is 42.1 Å². The smallest absolute Gasteiger partial charge is 0.209 e. The van der Waals surface area contributed by atoms with Crippen molar-refractivity contribution in [1.29, 1.82) is 0 Å². The molecule has 0 aliphatic carbocycles. The molecular weight excluding hydrogens is 473 g/mol. The molecule has 0 radical (unpaired) electrons. The number of nitrogens with one attached hydrogen (secondary N) is 2. The number of ketones is 1. The van der Waals surface area contributed by atoms with Gasteiger partial charge in [-0.3, -0.25) is 9.20 Å². The summed E-state index contributed by atoms with van der Waals surface area (Å²) in [4.78, 5) is 24.8. The largest absolute Gasteiger partial charge is 0.383 e. The van der Waals surface area contributed by atoms with E-state index in [1.54, 1.807) is 30.5 Å². The Balaban J connectivity index is 0.00000289. The number of pyridine rings is 1. The lowest BCUT2D eigenvalue weighted by atomic mass is 10.1. The van der Waals surface area contributed by atoms with Crippen molar-refractivity contribution in [2.24, 2.45) is 0 Å². The number of imidazole rings is 1. The minimum atomic E-state index is -0.116. The molecular formula is C21H20Cl3N7O. The maximum absolute atomic E-state index is 11.5. The minimum Gasteiger partial charge on any atom is -0.383 e. The lowest BCUT2D eigenvalue weighted by Gasteiger charge is -2.12. The predicted molar refractivity (Wildman–Crippen MR) is 131 cm³/mol. The Morgan fingerprint density at radius 2 is 1.88 bits per heavy atom. The molecule has 0 aliphatic rings. The Kier molecular flexibility index (Phi) is 7.40. The van der Waals surface area contributed by atoms with E-state index in [9.17, 15) is 4.79 Å². The summed E-state index contributed by atoms with van der Waals surface area (Å²) in [6, 6.07) is 10.5. The number of nitrogen functional groups attached to an aromatic ring is 1. The third-order valence-corrected chi connectivity index (χ3v) is 5.16. The minimum absolute atomic E-state index is 0. The summed E-state index contributed by atoms with van der Waals surface area (Å²) in [7, 11) is 0. The number of fused-ring (bicyclic) bond motifs is 1. The first-order valence-corrected chi connectivity index (χ1v) is 10.2. The summed E-state index contributed by atoms with van der Waals surface area (Å²) in [6.07, 6.45) is 3.53. The first kappa shape index (κ1) is 23.6. The van der Waals surface area contributed by atoms with Crippen LogP contribution < -0.4 is 16.4 Å². The molecule has 8 nitrogen and oxygen atoms in total. The zero-order chi connectivity index (χ0) is 22.0. The number of nitrogens with zero attached hydrogens (tertiary/aromatic N) is 4. The van der Waals surface area contributed by atoms with Crippen molar-refractivity contribution < 1.29 is 4.79 Å². The van der Waals surface area contributed by atoms with Crippen molar-refractivity contribution in [1.82, 2.24) is 19.4 Å². The summed E-state index contributed by atoms with van der Waals surface area (Å²) in [5.74, 6) is 1.30. The van der Waals surface area contributed by atoms with Crippen molar-refractivity contribution in [3.05, 3.63) is 64.4 Å². The molecule has 1 aromatic carbocycles. The van der Waals surface area contributed by atoms with Gasteiger partial charge in [-0.15, -0.1) is 12.4 Å². The number of halogens is 3. The second kappa shape index (κ2) is 10.0. The number of hydrogen-bond acceptors (Lipinski definition) is 7. The zero-order valence-electron chi connectivity index (χ0n) is 17.0. The topological polar surface area (TPSA) is 110 Å². The van der Waals surface area contributed by atoms with E-state index in [-0.39, 0.29) is 24.0 Å². The van der Waals surface area contributed by atoms with Crippen molar-refractivity contribution in [3.8, 4) is 11.3 Å². The summed E-state index contributed by atoms with van der Waals surface area (Å²) in [5, 5.41) is 7.54. The average Bonchev–Trinajstić information content (AvgIpc) is 3.19. The van der Waals surface area contributed by atoms with E-state index in [1.807, 2.05) is 22.7 Å². The van der Waals surface area contributed by atoms with Gasteiger partial charge < -0.3 is 16.4 Å².